The molecule has 1 radical (unpaired) electrons. The van der Waals surface area contributed by atoms with Gasteiger partial charge in [0.15, 0.2) is 0 Å². The third-order valence-corrected chi connectivity index (χ3v) is 0. The van der Waals surface area contributed by atoms with Crippen LogP contribution in [0.1, 0.15) is 0 Å². The normalized spacial score (nSPS) is 0. The summed E-state index contributed by atoms with van der Waals surface area (Å²) in [5.41, 5.74) is 0. The van der Waals surface area contributed by atoms with Crippen molar-refractivity contribution in [1.29, 1.82) is 0 Å². The van der Waals surface area contributed by atoms with Gasteiger partial charge in [-0.15, -0.1) is 0 Å². The van der Waals surface area contributed by atoms with E-state index in [1.807, 2.05) is 0 Å². The van der Waals surface area contributed by atoms with Crippen molar-refractivity contribution in [2.24, 2.45) is 0 Å². The van der Waals surface area contributed by atoms with Crippen LogP contribution in [0.15, 0.2) is 0 Å². The summed E-state index contributed by atoms with van der Waals surface area (Å²) in [4.78, 5) is 0. The van der Waals surface area contributed by atoms with Gasteiger partial charge in [-0.2, -0.15) is 0 Å². The van der Waals surface area contributed by atoms with E-state index in [4.69, 9.17) is 0 Å². The van der Waals surface area contributed by atoms with Gasteiger partial charge in [-0.05, 0) is 0 Å². The zero-order valence-corrected chi connectivity index (χ0v) is 9.45. The van der Waals surface area contributed by atoms with Gasteiger partial charge in [0.05, 0.1) is 0 Å². The van der Waals surface area contributed by atoms with Crippen LogP contribution in [0.5, 0.6) is 0 Å². The van der Waals surface area contributed by atoms with Gasteiger partial charge in [0.1, 0.15) is 0 Å². The van der Waals surface area contributed by atoms with Crippen molar-refractivity contribution in [1.82, 2.24) is 0 Å². The van der Waals surface area contributed by atoms with Crippen molar-refractivity contribution in [2.75, 3.05) is 0 Å². The molecule has 0 spiro atoms. The van der Waals surface area contributed by atoms with Crippen molar-refractivity contribution in [3.8, 4) is 0 Å². The Morgan fingerprint density at radius 3 is 0.500 bits per heavy atom. The van der Waals surface area contributed by atoms with Crippen molar-refractivity contribution < 1.29 is 86.2 Å². The molecule has 0 amide bonds. The van der Waals surface area contributed by atoms with Crippen LogP contribution in [0.3, 0.4) is 0 Å². The van der Waals surface area contributed by atoms with Gasteiger partial charge < -0.3 is 49.6 Å². The van der Waals surface area contributed by atoms with Gasteiger partial charge in [-0.1, -0.05) is 0 Å². The summed E-state index contributed by atoms with van der Waals surface area (Å²) in [7, 11) is 0. The first-order valence-electron chi connectivity index (χ1n) is 0. The van der Waals surface area contributed by atoms with Crippen molar-refractivity contribution in [3.05, 3.63) is 0 Å². The van der Waals surface area contributed by atoms with E-state index in [-0.39, 0.29) is 86.2 Å². The van der Waals surface area contributed by atoms with Crippen molar-refractivity contribution in [2.45, 2.75) is 0 Å². The molecule has 0 aliphatic heterocycles. The molecular weight excluding hydrogens is 271 g/mol. The second-order valence-electron chi connectivity index (χ2n) is 0. The molecule has 0 aliphatic rings. The fourth-order valence-corrected chi connectivity index (χ4v) is 0. The summed E-state index contributed by atoms with van der Waals surface area (Å²) >= 11 is 0. The minimum absolute atomic E-state index is 0. The summed E-state index contributed by atoms with van der Waals surface area (Å²) < 4.78 is 0. The average molecular weight is 271 g/mol. The van der Waals surface area contributed by atoms with Crippen LogP contribution in [-0.2, 0) is 36.5 Å². The van der Waals surface area contributed by atoms with E-state index >= 15 is 0 Å². The first kappa shape index (κ1) is 83.5. The zero-order chi connectivity index (χ0) is 0. The number of halogens is 4. The van der Waals surface area contributed by atoms with E-state index in [1.165, 1.54) is 0 Å². The molecule has 41 valence electrons. The maximum atomic E-state index is 0. The standard InChI is InChI=1S/4ClH.Cu.Zn/h4*1H;;/q;;;;2*+2/p-4. The summed E-state index contributed by atoms with van der Waals surface area (Å²) in [6.45, 7) is 0. The van der Waals surface area contributed by atoms with Crippen LogP contribution >= 0.6 is 0 Å². The zero-order valence-electron chi connectivity index (χ0n) is 2.52. The Labute approximate surface area is 85.5 Å². The Balaban J connectivity index is 0. The molecule has 0 rings (SSSR count). The van der Waals surface area contributed by atoms with Crippen LogP contribution < -0.4 is 49.6 Å². The van der Waals surface area contributed by atoms with Crippen LogP contribution in [0.25, 0.3) is 0 Å². The van der Waals surface area contributed by atoms with E-state index in [0.717, 1.165) is 0 Å². The van der Waals surface area contributed by atoms with Crippen molar-refractivity contribution in [3.63, 3.8) is 0 Å². The van der Waals surface area contributed by atoms with Crippen molar-refractivity contribution >= 4 is 0 Å². The summed E-state index contributed by atoms with van der Waals surface area (Å²) in [5, 5.41) is 0. The quantitative estimate of drug-likeness (QED) is 0.384. The molecule has 0 aromatic heterocycles. The molecule has 0 nitrogen and oxygen atoms in total. The third-order valence-electron chi connectivity index (χ3n) is 0. The molecule has 6 heavy (non-hydrogen) atoms. The summed E-state index contributed by atoms with van der Waals surface area (Å²) in [5.74, 6) is 0. The molecule has 0 atom stereocenters. The van der Waals surface area contributed by atoms with E-state index in [2.05, 4.69) is 0 Å². The summed E-state index contributed by atoms with van der Waals surface area (Å²) in [6.07, 6.45) is 0. The van der Waals surface area contributed by atoms with Crippen LogP contribution in [0.4, 0.5) is 0 Å². The predicted molar refractivity (Wildman–Crippen MR) is 0 cm³/mol. The molecule has 0 aromatic carbocycles. The fourth-order valence-electron chi connectivity index (χ4n) is 0. The topological polar surface area (TPSA) is 0 Å². The number of hydrogen-bond acceptors (Lipinski definition) is 0. The molecule has 0 unspecified atom stereocenters. The second kappa shape index (κ2) is 54.7. The Morgan fingerprint density at radius 1 is 0.500 bits per heavy atom. The van der Waals surface area contributed by atoms with Crippen LogP contribution in [-0.4, -0.2) is 0 Å². The first-order chi connectivity index (χ1) is 0. The Kier molecular flexibility index (Phi) is 761. The fraction of sp³-hybridized carbons (Fsp3) is 0. The van der Waals surface area contributed by atoms with Gasteiger partial charge in [-0.25, -0.2) is 0 Å². The van der Waals surface area contributed by atoms with E-state index < -0.39 is 0 Å². The monoisotopic (exact) mass is 267 g/mol. The minimum Gasteiger partial charge on any atom is -1.00 e. The first-order valence-corrected chi connectivity index (χ1v) is 0. The maximum Gasteiger partial charge on any atom is 2.00 e. The largest absolute Gasteiger partial charge is 2.00 e. The molecule has 0 fully saturated rings. The van der Waals surface area contributed by atoms with Gasteiger partial charge in [0, 0.05) is 0 Å². The number of rotatable bonds is 0. The summed E-state index contributed by atoms with van der Waals surface area (Å²) in [6, 6.07) is 0. The Morgan fingerprint density at radius 2 is 0.500 bits per heavy atom. The molecule has 0 aliphatic carbocycles. The molecule has 0 N–H and O–H groups in total. The minimum atomic E-state index is 0. The molecule has 6 heteroatoms. The van der Waals surface area contributed by atoms with E-state index in [0.29, 0.717) is 0 Å². The van der Waals surface area contributed by atoms with Gasteiger partial charge in [0.2, 0.25) is 0 Å². The molecule has 0 saturated heterocycles. The SMILES string of the molecule is [Cl-].[Cl-].[Cl-].[Cl-].[Cu+2].[Zn+2]. The van der Waals surface area contributed by atoms with Crippen LogP contribution in [0, 0.1) is 0 Å². The smallest absolute Gasteiger partial charge is 1.00 e. The molecule has 0 aromatic rings. The molecular formula is Cl4CuZn. The molecule has 0 saturated carbocycles. The number of hydrogen-bond donors (Lipinski definition) is 0. The molecule has 0 heterocycles. The van der Waals surface area contributed by atoms with Crippen LogP contribution in [0.2, 0.25) is 0 Å². The Hall–Kier alpha value is 2.30. The molecule has 0 bridgehead atoms. The Bertz CT molecular complexity index is 7.51. The van der Waals surface area contributed by atoms with E-state index in [9.17, 15) is 0 Å². The van der Waals surface area contributed by atoms with Gasteiger partial charge in [-0.3, -0.25) is 0 Å². The third kappa shape index (κ3) is 33.4. The van der Waals surface area contributed by atoms with Gasteiger partial charge in [0.25, 0.3) is 0 Å². The van der Waals surface area contributed by atoms with E-state index in [1.54, 1.807) is 0 Å². The average Bonchev–Trinajstić information content (AvgIpc) is 0. The second-order valence-corrected chi connectivity index (χ2v) is 0. The van der Waals surface area contributed by atoms with Gasteiger partial charge >= 0.3 is 36.5 Å². The maximum absolute atomic E-state index is 0. The predicted octanol–water partition coefficient (Wildman–Crippen LogP) is -12.0.